The molecule has 0 unspecified atom stereocenters. The maximum Gasteiger partial charge on any atom is 0.227 e. The predicted molar refractivity (Wildman–Crippen MR) is 84.2 cm³/mol. The second-order valence-corrected chi connectivity index (χ2v) is 8.14. The average molecular weight is 321 g/mol. The molecule has 6 heteroatoms. The fourth-order valence-electron chi connectivity index (χ4n) is 2.87. The van der Waals surface area contributed by atoms with Crippen LogP contribution in [0.5, 0.6) is 0 Å². The van der Waals surface area contributed by atoms with Crippen LogP contribution in [0.4, 0.5) is 0 Å². The van der Waals surface area contributed by atoms with E-state index in [4.69, 9.17) is 4.42 Å². The SMILES string of the molecule is C[C@H](c1cc2ccccc2o1)N(C)C(=O)[C@@H]1CCS(=O)(=O)C1. The molecule has 0 N–H and O–H groups in total. The number of hydrogen-bond acceptors (Lipinski definition) is 4. The summed E-state index contributed by atoms with van der Waals surface area (Å²) < 4.78 is 28.9. The number of hydrogen-bond donors (Lipinski definition) is 0. The maximum atomic E-state index is 12.5. The number of carbonyl (C=O) groups excluding carboxylic acids is 1. The van der Waals surface area contributed by atoms with Crippen molar-refractivity contribution >= 4 is 26.7 Å². The molecule has 22 heavy (non-hydrogen) atoms. The van der Waals surface area contributed by atoms with E-state index < -0.39 is 15.8 Å². The standard InChI is InChI=1S/C16H19NO4S/c1-11(15-9-12-5-3-4-6-14(12)21-15)17(2)16(18)13-7-8-22(19,20)10-13/h3-6,9,11,13H,7-8,10H2,1-2H3/t11-,13-/m1/s1. The summed E-state index contributed by atoms with van der Waals surface area (Å²) in [7, 11) is -1.36. The highest BCUT2D eigenvalue weighted by Gasteiger charge is 2.36. The van der Waals surface area contributed by atoms with Crippen LogP contribution in [0.2, 0.25) is 0 Å². The lowest BCUT2D eigenvalue weighted by Crippen LogP contribution is -2.35. The number of benzene rings is 1. The number of carbonyl (C=O) groups is 1. The van der Waals surface area contributed by atoms with E-state index in [0.717, 1.165) is 11.0 Å². The van der Waals surface area contributed by atoms with E-state index in [1.165, 1.54) is 0 Å². The van der Waals surface area contributed by atoms with Crippen molar-refractivity contribution in [1.82, 2.24) is 4.90 Å². The molecule has 3 rings (SSSR count). The van der Waals surface area contributed by atoms with Crippen LogP contribution in [0, 0.1) is 5.92 Å². The lowest BCUT2D eigenvalue weighted by atomic mass is 10.1. The average Bonchev–Trinajstić information content (AvgIpc) is 3.07. The van der Waals surface area contributed by atoms with Crippen molar-refractivity contribution in [2.75, 3.05) is 18.6 Å². The van der Waals surface area contributed by atoms with Gasteiger partial charge in [0.15, 0.2) is 9.84 Å². The summed E-state index contributed by atoms with van der Waals surface area (Å²) in [5, 5.41) is 0.994. The fourth-order valence-corrected chi connectivity index (χ4v) is 4.60. The van der Waals surface area contributed by atoms with Gasteiger partial charge in [-0.15, -0.1) is 0 Å². The van der Waals surface area contributed by atoms with Crippen LogP contribution >= 0.6 is 0 Å². The number of amides is 1. The van der Waals surface area contributed by atoms with Crippen LogP contribution in [-0.4, -0.2) is 37.8 Å². The second-order valence-electron chi connectivity index (χ2n) is 5.91. The number of nitrogens with zero attached hydrogens (tertiary/aromatic N) is 1. The summed E-state index contributed by atoms with van der Waals surface area (Å²) in [6.45, 7) is 1.89. The van der Waals surface area contributed by atoms with E-state index in [1.807, 2.05) is 37.3 Å². The Hall–Kier alpha value is -1.82. The number of para-hydroxylation sites is 1. The van der Waals surface area contributed by atoms with E-state index in [-0.39, 0.29) is 23.5 Å². The first-order chi connectivity index (χ1) is 10.4. The van der Waals surface area contributed by atoms with Crippen molar-refractivity contribution in [1.29, 1.82) is 0 Å². The van der Waals surface area contributed by atoms with Crippen LogP contribution in [0.15, 0.2) is 34.7 Å². The smallest absolute Gasteiger partial charge is 0.227 e. The molecule has 2 atom stereocenters. The molecule has 118 valence electrons. The van der Waals surface area contributed by atoms with Gasteiger partial charge in [-0.2, -0.15) is 0 Å². The van der Waals surface area contributed by atoms with Crippen LogP contribution in [0.25, 0.3) is 11.0 Å². The Morgan fingerprint density at radius 2 is 2.09 bits per heavy atom. The molecule has 1 aliphatic rings. The summed E-state index contributed by atoms with van der Waals surface area (Å²) in [4.78, 5) is 14.1. The van der Waals surface area contributed by atoms with Gasteiger partial charge in [0, 0.05) is 12.4 Å². The van der Waals surface area contributed by atoms with Gasteiger partial charge >= 0.3 is 0 Å². The van der Waals surface area contributed by atoms with Crippen molar-refractivity contribution in [3.63, 3.8) is 0 Å². The molecule has 1 aliphatic heterocycles. The number of fused-ring (bicyclic) bond motifs is 1. The molecular weight excluding hydrogens is 302 g/mol. The minimum absolute atomic E-state index is 0.0387. The van der Waals surface area contributed by atoms with Gasteiger partial charge in [-0.3, -0.25) is 4.79 Å². The highest BCUT2D eigenvalue weighted by molar-refractivity contribution is 7.91. The van der Waals surface area contributed by atoms with E-state index >= 15 is 0 Å². The lowest BCUT2D eigenvalue weighted by molar-refractivity contribution is -0.135. The van der Waals surface area contributed by atoms with Gasteiger partial charge in [0.2, 0.25) is 5.91 Å². The molecule has 1 amide bonds. The Morgan fingerprint density at radius 3 is 2.73 bits per heavy atom. The zero-order chi connectivity index (χ0) is 15.9. The number of sulfone groups is 1. The molecule has 0 aliphatic carbocycles. The quantitative estimate of drug-likeness (QED) is 0.870. The third-order valence-corrected chi connectivity index (χ3v) is 6.13. The summed E-state index contributed by atoms with van der Waals surface area (Å²) in [5.74, 6) is 0.216. The third-order valence-electron chi connectivity index (χ3n) is 4.37. The molecule has 1 aromatic carbocycles. The zero-order valence-corrected chi connectivity index (χ0v) is 13.5. The molecule has 2 heterocycles. The topological polar surface area (TPSA) is 67.6 Å². The van der Waals surface area contributed by atoms with Crippen molar-refractivity contribution in [3.05, 3.63) is 36.1 Å². The Balaban J connectivity index is 1.79. The minimum atomic E-state index is -3.06. The van der Waals surface area contributed by atoms with Crippen molar-refractivity contribution in [2.24, 2.45) is 5.92 Å². The predicted octanol–water partition coefficient (Wildman–Crippen LogP) is 2.39. The van der Waals surface area contributed by atoms with E-state index in [2.05, 4.69) is 0 Å². The Morgan fingerprint density at radius 1 is 1.36 bits per heavy atom. The first-order valence-corrected chi connectivity index (χ1v) is 9.15. The Kier molecular flexibility index (Phi) is 3.72. The largest absolute Gasteiger partial charge is 0.459 e. The van der Waals surface area contributed by atoms with E-state index in [0.29, 0.717) is 12.2 Å². The first-order valence-electron chi connectivity index (χ1n) is 7.33. The van der Waals surface area contributed by atoms with Crippen LogP contribution < -0.4 is 0 Å². The van der Waals surface area contributed by atoms with Gasteiger partial charge in [0.25, 0.3) is 0 Å². The molecule has 0 spiro atoms. The van der Waals surface area contributed by atoms with Gasteiger partial charge in [0.05, 0.1) is 23.5 Å². The van der Waals surface area contributed by atoms with Gasteiger partial charge < -0.3 is 9.32 Å². The summed E-state index contributed by atoms with van der Waals surface area (Å²) in [5.41, 5.74) is 0.786. The minimum Gasteiger partial charge on any atom is -0.459 e. The van der Waals surface area contributed by atoms with Gasteiger partial charge in [0.1, 0.15) is 11.3 Å². The highest BCUT2D eigenvalue weighted by Crippen LogP contribution is 2.29. The summed E-state index contributed by atoms with van der Waals surface area (Å²) >= 11 is 0. The normalized spacial score (nSPS) is 21.8. The second kappa shape index (κ2) is 5.43. The molecule has 2 aromatic rings. The molecule has 5 nitrogen and oxygen atoms in total. The third kappa shape index (κ3) is 2.75. The van der Waals surface area contributed by atoms with Crippen LogP contribution in [0.1, 0.15) is 25.1 Å². The molecule has 0 saturated carbocycles. The molecule has 0 bridgehead atoms. The monoisotopic (exact) mass is 321 g/mol. The zero-order valence-electron chi connectivity index (χ0n) is 12.7. The van der Waals surface area contributed by atoms with Crippen LogP contribution in [-0.2, 0) is 14.6 Å². The van der Waals surface area contributed by atoms with Gasteiger partial charge in [-0.1, -0.05) is 18.2 Å². The molecule has 1 aromatic heterocycles. The Labute approximate surface area is 129 Å². The van der Waals surface area contributed by atoms with Crippen molar-refractivity contribution in [3.8, 4) is 0 Å². The number of furan rings is 1. The maximum absolute atomic E-state index is 12.5. The molecule has 1 fully saturated rings. The van der Waals surface area contributed by atoms with Crippen molar-refractivity contribution < 1.29 is 17.6 Å². The van der Waals surface area contributed by atoms with Gasteiger partial charge in [-0.25, -0.2) is 8.42 Å². The highest BCUT2D eigenvalue weighted by atomic mass is 32.2. The summed E-state index contributed by atoms with van der Waals surface area (Å²) in [6, 6.07) is 9.37. The first kappa shape index (κ1) is 15.1. The molecular formula is C16H19NO4S. The van der Waals surface area contributed by atoms with Crippen molar-refractivity contribution in [2.45, 2.75) is 19.4 Å². The van der Waals surface area contributed by atoms with Crippen LogP contribution in [0.3, 0.4) is 0 Å². The van der Waals surface area contributed by atoms with E-state index in [1.54, 1.807) is 11.9 Å². The lowest BCUT2D eigenvalue weighted by Gasteiger charge is -2.25. The molecule has 0 radical (unpaired) electrons. The Bertz CT molecular complexity index is 775. The van der Waals surface area contributed by atoms with Gasteiger partial charge in [-0.05, 0) is 25.5 Å². The van der Waals surface area contributed by atoms with E-state index in [9.17, 15) is 13.2 Å². The molecule has 1 saturated heterocycles. The fraction of sp³-hybridized carbons (Fsp3) is 0.438. The summed E-state index contributed by atoms with van der Waals surface area (Å²) in [6.07, 6.45) is 0.415. The number of rotatable bonds is 3.